The van der Waals surface area contributed by atoms with Crippen LogP contribution in [0.4, 0.5) is 18.9 Å². The first-order valence-electron chi connectivity index (χ1n) is 10.5. The Labute approximate surface area is 192 Å². The normalized spacial score (nSPS) is 14.2. The summed E-state index contributed by atoms with van der Waals surface area (Å²) in [7, 11) is 0. The number of aryl methyl sites for hydroxylation is 2. The van der Waals surface area contributed by atoms with E-state index in [4.69, 9.17) is 11.6 Å². The SMILES string of the molecule is O=C(Nc1ccc2c(c1)nc1n2CCCCC1)c1cnn(-c2ccc(Cl)cc2)c1C(F)(F)F. The summed E-state index contributed by atoms with van der Waals surface area (Å²) < 4.78 is 44.6. The quantitative estimate of drug-likeness (QED) is 0.404. The van der Waals surface area contributed by atoms with Gasteiger partial charge in [-0.2, -0.15) is 18.3 Å². The van der Waals surface area contributed by atoms with Crippen LogP contribution in [0.5, 0.6) is 0 Å². The lowest BCUT2D eigenvalue weighted by Crippen LogP contribution is -2.20. The van der Waals surface area contributed by atoms with E-state index in [0.717, 1.165) is 49.8 Å². The van der Waals surface area contributed by atoms with Crippen LogP contribution < -0.4 is 5.32 Å². The van der Waals surface area contributed by atoms with Gasteiger partial charge in [-0.1, -0.05) is 18.0 Å². The van der Waals surface area contributed by atoms with Crippen LogP contribution in [0.3, 0.4) is 0 Å². The molecule has 0 saturated heterocycles. The third-order valence-electron chi connectivity index (χ3n) is 5.72. The van der Waals surface area contributed by atoms with E-state index in [1.165, 1.54) is 24.3 Å². The van der Waals surface area contributed by atoms with E-state index in [1.807, 2.05) is 6.07 Å². The van der Waals surface area contributed by atoms with E-state index in [2.05, 4.69) is 20.0 Å². The second kappa shape index (κ2) is 8.22. The predicted molar refractivity (Wildman–Crippen MR) is 119 cm³/mol. The van der Waals surface area contributed by atoms with Gasteiger partial charge in [-0.05, 0) is 55.3 Å². The van der Waals surface area contributed by atoms with Crippen molar-refractivity contribution in [3.8, 4) is 5.69 Å². The third-order valence-corrected chi connectivity index (χ3v) is 5.97. The summed E-state index contributed by atoms with van der Waals surface area (Å²) in [6, 6.07) is 10.9. The second-order valence-corrected chi connectivity index (χ2v) is 8.38. The van der Waals surface area contributed by atoms with Crippen molar-refractivity contribution < 1.29 is 18.0 Å². The Morgan fingerprint density at radius 1 is 1.06 bits per heavy atom. The first-order valence-corrected chi connectivity index (χ1v) is 10.9. The predicted octanol–water partition coefficient (Wildman–Crippen LogP) is 5.87. The molecule has 0 saturated carbocycles. The molecule has 5 rings (SSSR count). The maximum atomic E-state index is 13.9. The highest BCUT2D eigenvalue weighted by Gasteiger charge is 2.40. The lowest BCUT2D eigenvalue weighted by atomic mass is 10.2. The topological polar surface area (TPSA) is 64.7 Å². The monoisotopic (exact) mass is 473 g/mol. The largest absolute Gasteiger partial charge is 0.434 e. The molecular weight excluding hydrogens is 455 g/mol. The molecule has 1 aliphatic rings. The minimum atomic E-state index is -4.80. The van der Waals surface area contributed by atoms with Crippen molar-refractivity contribution in [2.24, 2.45) is 0 Å². The van der Waals surface area contributed by atoms with Gasteiger partial charge >= 0.3 is 6.18 Å². The Bertz CT molecular complexity index is 1340. The van der Waals surface area contributed by atoms with E-state index in [9.17, 15) is 18.0 Å². The van der Waals surface area contributed by atoms with Crippen molar-refractivity contribution in [2.75, 3.05) is 5.32 Å². The summed E-state index contributed by atoms with van der Waals surface area (Å²) in [6.45, 7) is 0.885. The number of imidazole rings is 1. The van der Waals surface area contributed by atoms with Crippen molar-refractivity contribution in [3.63, 3.8) is 0 Å². The number of fused-ring (bicyclic) bond motifs is 3. The average molecular weight is 474 g/mol. The number of nitrogens with zero attached hydrogens (tertiary/aromatic N) is 4. The van der Waals surface area contributed by atoms with Crippen molar-refractivity contribution >= 4 is 34.2 Å². The number of carbonyl (C=O) groups excluding carboxylic acids is 1. The maximum Gasteiger partial charge on any atom is 0.434 e. The molecule has 2 aromatic heterocycles. The molecule has 10 heteroatoms. The molecule has 2 aromatic carbocycles. The molecule has 1 aliphatic heterocycles. The highest BCUT2D eigenvalue weighted by Crippen LogP contribution is 2.34. The first kappa shape index (κ1) is 21.5. The molecular formula is C23H19ClF3N5O. The van der Waals surface area contributed by atoms with E-state index >= 15 is 0 Å². The molecule has 33 heavy (non-hydrogen) atoms. The third kappa shape index (κ3) is 4.08. The Morgan fingerprint density at radius 2 is 1.85 bits per heavy atom. The number of rotatable bonds is 3. The van der Waals surface area contributed by atoms with Gasteiger partial charge in [0.15, 0.2) is 5.69 Å². The molecule has 0 radical (unpaired) electrons. The molecule has 3 heterocycles. The van der Waals surface area contributed by atoms with Gasteiger partial charge in [-0.15, -0.1) is 0 Å². The number of carbonyl (C=O) groups is 1. The molecule has 170 valence electrons. The number of hydrogen-bond donors (Lipinski definition) is 1. The van der Waals surface area contributed by atoms with Crippen LogP contribution in [0.15, 0.2) is 48.7 Å². The van der Waals surface area contributed by atoms with Crippen LogP contribution in [0, 0.1) is 0 Å². The van der Waals surface area contributed by atoms with Crippen LogP contribution in [0.2, 0.25) is 5.02 Å². The number of amides is 1. The van der Waals surface area contributed by atoms with Gasteiger partial charge in [0, 0.05) is 23.7 Å². The maximum absolute atomic E-state index is 13.9. The molecule has 6 nitrogen and oxygen atoms in total. The van der Waals surface area contributed by atoms with Gasteiger partial charge < -0.3 is 9.88 Å². The summed E-state index contributed by atoms with van der Waals surface area (Å²) in [5, 5.41) is 6.77. The van der Waals surface area contributed by atoms with Crippen LogP contribution >= 0.6 is 11.6 Å². The van der Waals surface area contributed by atoms with Crippen LogP contribution in [-0.2, 0) is 19.1 Å². The number of halogens is 4. The number of benzene rings is 2. The van der Waals surface area contributed by atoms with Crippen LogP contribution in [-0.4, -0.2) is 25.2 Å². The molecule has 1 N–H and O–H groups in total. The minimum Gasteiger partial charge on any atom is -0.328 e. The highest BCUT2D eigenvalue weighted by molar-refractivity contribution is 6.30. The number of aromatic nitrogens is 4. The molecule has 4 aromatic rings. The van der Waals surface area contributed by atoms with Crippen LogP contribution in [0.25, 0.3) is 16.7 Å². The second-order valence-electron chi connectivity index (χ2n) is 7.94. The summed E-state index contributed by atoms with van der Waals surface area (Å²) in [6.07, 6.45) is 0.317. The van der Waals surface area contributed by atoms with Gasteiger partial charge in [0.2, 0.25) is 0 Å². The average Bonchev–Trinajstić information content (AvgIpc) is 3.29. The van der Waals surface area contributed by atoms with Crippen molar-refractivity contribution in [2.45, 2.75) is 38.4 Å². The van der Waals surface area contributed by atoms with Crippen molar-refractivity contribution in [3.05, 3.63) is 70.8 Å². The molecule has 0 spiro atoms. The minimum absolute atomic E-state index is 0.145. The van der Waals surface area contributed by atoms with Crippen molar-refractivity contribution in [1.29, 1.82) is 0 Å². The standard InChI is InChI=1S/C23H19ClF3N5O/c24-14-5-8-16(9-6-14)32-21(23(25,26)27)17(13-28-32)22(33)29-15-7-10-19-18(12-15)30-20-4-2-1-3-11-31(19)20/h5-10,12-13H,1-4,11H2,(H,29,33). The summed E-state index contributed by atoms with van der Waals surface area (Å²) in [5.41, 5.74) is 0.448. The zero-order valence-corrected chi connectivity index (χ0v) is 18.1. The molecule has 1 amide bonds. The Hall–Kier alpha value is -3.33. The number of nitrogens with one attached hydrogen (secondary N) is 1. The van der Waals surface area contributed by atoms with E-state index in [1.54, 1.807) is 12.1 Å². The summed E-state index contributed by atoms with van der Waals surface area (Å²) in [5.74, 6) is 0.0947. The fourth-order valence-electron chi connectivity index (χ4n) is 4.19. The first-order chi connectivity index (χ1) is 15.8. The lowest BCUT2D eigenvalue weighted by molar-refractivity contribution is -0.143. The number of anilines is 1. The van der Waals surface area contributed by atoms with E-state index < -0.39 is 23.3 Å². The zero-order valence-electron chi connectivity index (χ0n) is 17.4. The molecule has 0 fully saturated rings. The summed E-state index contributed by atoms with van der Waals surface area (Å²) >= 11 is 5.83. The van der Waals surface area contributed by atoms with Crippen molar-refractivity contribution in [1.82, 2.24) is 19.3 Å². The van der Waals surface area contributed by atoms with Gasteiger partial charge in [0.1, 0.15) is 5.82 Å². The highest BCUT2D eigenvalue weighted by atomic mass is 35.5. The van der Waals surface area contributed by atoms with E-state index in [0.29, 0.717) is 20.9 Å². The van der Waals surface area contributed by atoms with Gasteiger partial charge in [-0.25, -0.2) is 9.67 Å². The Kier molecular flexibility index (Phi) is 5.36. The molecule has 0 bridgehead atoms. The van der Waals surface area contributed by atoms with Gasteiger partial charge in [-0.3, -0.25) is 4.79 Å². The Balaban J connectivity index is 1.47. The molecule has 0 aliphatic carbocycles. The summed E-state index contributed by atoms with van der Waals surface area (Å²) in [4.78, 5) is 17.5. The zero-order chi connectivity index (χ0) is 23.2. The van der Waals surface area contributed by atoms with Gasteiger partial charge in [0.25, 0.3) is 5.91 Å². The number of hydrogen-bond acceptors (Lipinski definition) is 3. The lowest BCUT2D eigenvalue weighted by Gasteiger charge is -2.13. The van der Waals surface area contributed by atoms with E-state index in [-0.39, 0.29) is 5.69 Å². The van der Waals surface area contributed by atoms with Gasteiger partial charge in [0.05, 0.1) is 28.5 Å². The molecule has 0 atom stereocenters. The smallest absolute Gasteiger partial charge is 0.328 e. The number of alkyl halides is 3. The fraction of sp³-hybridized carbons (Fsp3) is 0.261. The molecule has 0 unspecified atom stereocenters. The fourth-order valence-corrected chi connectivity index (χ4v) is 4.32. The Morgan fingerprint density at radius 3 is 2.61 bits per heavy atom. The van der Waals surface area contributed by atoms with Crippen LogP contribution in [0.1, 0.15) is 41.1 Å².